The number of carbonyl (C=O) groups excluding carboxylic acids is 9. The van der Waals surface area contributed by atoms with Crippen LogP contribution in [0.2, 0.25) is 0 Å². The van der Waals surface area contributed by atoms with Crippen molar-refractivity contribution >= 4 is 53.0 Å². The van der Waals surface area contributed by atoms with Crippen LogP contribution in [0.15, 0.2) is 30.3 Å². The third-order valence-corrected chi connectivity index (χ3v) is 9.19. The second-order valence-corrected chi connectivity index (χ2v) is 13.3. The van der Waals surface area contributed by atoms with Gasteiger partial charge in [-0.3, -0.25) is 43.2 Å². The Morgan fingerprint density at radius 3 is 2.13 bits per heavy atom. The zero-order chi connectivity index (χ0) is 38.8. The summed E-state index contributed by atoms with van der Waals surface area (Å²) in [6, 6.07) is 3.61. The Morgan fingerprint density at radius 1 is 0.811 bits per heavy atom. The summed E-state index contributed by atoms with van der Waals surface area (Å²) >= 11 is 0. The zero-order valence-corrected chi connectivity index (χ0v) is 30.1. The minimum absolute atomic E-state index is 0.0706. The summed E-state index contributed by atoms with van der Waals surface area (Å²) < 4.78 is 0. The van der Waals surface area contributed by atoms with Gasteiger partial charge in [0, 0.05) is 19.4 Å². The van der Waals surface area contributed by atoms with Crippen LogP contribution in [-0.4, -0.2) is 90.8 Å². The van der Waals surface area contributed by atoms with Crippen LogP contribution >= 0.6 is 0 Å². The molecule has 53 heavy (non-hydrogen) atoms. The molecular formula is C36H52N8O9. The molecule has 1 saturated heterocycles. The molecule has 0 bridgehead atoms. The number of amides is 8. The molecule has 1 aliphatic heterocycles. The molecular weight excluding hydrogens is 688 g/mol. The lowest BCUT2D eigenvalue weighted by molar-refractivity contribution is -0.141. The number of nitrogens with two attached hydrogens (primary N) is 1. The lowest BCUT2D eigenvalue weighted by Gasteiger charge is -2.31. The van der Waals surface area contributed by atoms with Crippen LogP contribution < -0.4 is 43.0 Å². The normalized spacial score (nSPS) is 20.8. The Bertz CT molecular complexity index is 1480. The van der Waals surface area contributed by atoms with Gasteiger partial charge in [-0.1, -0.05) is 62.9 Å². The van der Waals surface area contributed by atoms with Gasteiger partial charge in [-0.2, -0.15) is 0 Å². The van der Waals surface area contributed by atoms with E-state index in [0.29, 0.717) is 37.7 Å². The molecule has 3 rings (SSSR count). The van der Waals surface area contributed by atoms with E-state index < -0.39 is 84.4 Å². The van der Waals surface area contributed by atoms with Gasteiger partial charge < -0.3 is 43.0 Å². The predicted octanol–water partition coefficient (Wildman–Crippen LogP) is -0.954. The molecule has 9 N–H and O–H groups in total. The predicted molar refractivity (Wildman–Crippen MR) is 191 cm³/mol. The van der Waals surface area contributed by atoms with E-state index in [4.69, 9.17) is 5.73 Å². The molecule has 0 radical (unpaired) electrons. The van der Waals surface area contributed by atoms with Crippen LogP contribution in [0.25, 0.3) is 0 Å². The van der Waals surface area contributed by atoms with E-state index in [9.17, 15) is 43.2 Å². The molecule has 1 aromatic carbocycles. The van der Waals surface area contributed by atoms with Crippen LogP contribution in [0.4, 0.5) is 0 Å². The fourth-order valence-electron chi connectivity index (χ4n) is 6.32. The van der Waals surface area contributed by atoms with Gasteiger partial charge >= 0.3 is 0 Å². The van der Waals surface area contributed by atoms with Crippen LogP contribution in [0.3, 0.4) is 0 Å². The molecule has 1 aliphatic carbocycles. The maximum Gasteiger partial charge on any atom is 0.290 e. The van der Waals surface area contributed by atoms with Gasteiger partial charge in [0.25, 0.3) is 5.91 Å². The molecule has 17 nitrogen and oxygen atoms in total. The molecule has 0 spiro atoms. The van der Waals surface area contributed by atoms with Gasteiger partial charge in [-0.25, -0.2) is 0 Å². The Kier molecular flexibility index (Phi) is 17.4. The first-order valence-corrected chi connectivity index (χ1v) is 18.3. The minimum Gasteiger partial charge on any atom is -0.368 e. The monoisotopic (exact) mass is 740 g/mol. The molecule has 2 fully saturated rings. The minimum atomic E-state index is -1.30. The Balaban J connectivity index is 1.72. The second kappa shape index (κ2) is 21.9. The number of hydrogen-bond donors (Lipinski definition) is 8. The number of carbonyl (C=O) groups is 9. The van der Waals surface area contributed by atoms with Crippen molar-refractivity contribution in [3.8, 4) is 0 Å². The summed E-state index contributed by atoms with van der Waals surface area (Å²) in [5.74, 6) is -6.74. The standard InChI is InChI=1S/C36H52N8O9/c1-2-11-24(32(49)36(53)40-21-29(48)43-30(33(37)50)22-12-5-3-6-13-22)41-34(51)25-16-9-10-19-38-26(45)17-18-27(46)39-20-28(47)44-31(35(52)42-25)23-14-7-4-8-15-23/h3,5-6,12-13,23-25,30-31H,2,4,7-11,14-21H2,1H3,(H2,37,50)(H,38,45)(H,39,46)(H,40,53)(H,41,51)(H,42,52)(H,43,48)(H,44,47)/t24?,25-,30-,31-/m0/s1. The van der Waals surface area contributed by atoms with E-state index in [2.05, 4.69) is 37.2 Å². The summed E-state index contributed by atoms with van der Waals surface area (Å²) in [6.45, 7) is 0.949. The maximum atomic E-state index is 13.8. The largest absolute Gasteiger partial charge is 0.368 e. The topological polar surface area (TPSA) is 264 Å². The highest BCUT2D eigenvalue weighted by molar-refractivity contribution is 6.38. The fraction of sp³-hybridized carbons (Fsp3) is 0.583. The van der Waals surface area contributed by atoms with Crippen molar-refractivity contribution < 1.29 is 43.2 Å². The second-order valence-electron chi connectivity index (χ2n) is 13.3. The van der Waals surface area contributed by atoms with Crippen LogP contribution in [-0.2, 0) is 43.2 Å². The molecule has 0 aromatic heterocycles. The van der Waals surface area contributed by atoms with Gasteiger partial charge in [0.2, 0.25) is 47.1 Å². The van der Waals surface area contributed by atoms with E-state index in [1.165, 1.54) is 0 Å². The third-order valence-electron chi connectivity index (χ3n) is 9.19. The van der Waals surface area contributed by atoms with Crippen molar-refractivity contribution in [1.82, 2.24) is 37.2 Å². The summed E-state index contributed by atoms with van der Waals surface area (Å²) in [5, 5.41) is 17.9. The van der Waals surface area contributed by atoms with Gasteiger partial charge in [-0.05, 0) is 50.0 Å². The molecule has 8 amide bonds. The Morgan fingerprint density at radius 2 is 1.47 bits per heavy atom. The molecule has 1 heterocycles. The van der Waals surface area contributed by atoms with Gasteiger partial charge in [-0.15, -0.1) is 0 Å². The van der Waals surface area contributed by atoms with E-state index >= 15 is 0 Å². The SMILES string of the molecule is CCCC(NC(=O)[C@@H]1CCCCNC(=O)CCC(=O)NCC(=O)N[C@@H](C2CCCCC2)C(=O)N1)C(=O)C(=O)NCC(=O)N[C@H](C(N)=O)c1ccccc1. The molecule has 4 atom stereocenters. The number of ketones is 1. The molecule has 1 saturated carbocycles. The van der Waals surface area contributed by atoms with Crippen molar-refractivity contribution in [2.75, 3.05) is 19.6 Å². The lowest BCUT2D eigenvalue weighted by atomic mass is 9.83. The highest BCUT2D eigenvalue weighted by Crippen LogP contribution is 2.27. The van der Waals surface area contributed by atoms with Gasteiger partial charge in [0.15, 0.2) is 0 Å². The summed E-state index contributed by atoms with van der Waals surface area (Å²) in [7, 11) is 0. The van der Waals surface area contributed by atoms with Crippen LogP contribution in [0.1, 0.15) is 95.6 Å². The quantitative estimate of drug-likeness (QED) is 0.123. The molecule has 290 valence electrons. The summed E-state index contributed by atoms with van der Waals surface area (Å²) in [5.41, 5.74) is 5.87. The maximum absolute atomic E-state index is 13.8. The first-order chi connectivity index (χ1) is 25.4. The highest BCUT2D eigenvalue weighted by Gasteiger charge is 2.35. The third kappa shape index (κ3) is 14.3. The van der Waals surface area contributed by atoms with Crippen molar-refractivity contribution in [3.05, 3.63) is 35.9 Å². The molecule has 17 heteroatoms. The highest BCUT2D eigenvalue weighted by atomic mass is 16.2. The smallest absolute Gasteiger partial charge is 0.290 e. The van der Waals surface area contributed by atoms with E-state index in [1.807, 2.05) is 0 Å². The van der Waals surface area contributed by atoms with Crippen molar-refractivity contribution in [1.29, 1.82) is 0 Å². The first-order valence-electron chi connectivity index (χ1n) is 18.3. The average Bonchev–Trinajstić information content (AvgIpc) is 3.15. The van der Waals surface area contributed by atoms with E-state index in [0.717, 1.165) is 19.3 Å². The van der Waals surface area contributed by atoms with E-state index in [-0.39, 0.29) is 44.1 Å². The van der Waals surface area contributed by atoms with Gasteiger partial charge in [0.1, 0.15) is 18.1 Å². The van der Waals surface area contributed by atoms with Gasteiger partial charge in [0.05, 0.1) is 19.1 Å². The van der Waals surface area contributed by atoms with Crippen LogP contribution in [0, 0.1) is 5.92 Å². The number of Topliss-reactive ketones (excluding diaryl/α,β-unsaturated/α-hetero) is 1. The Hall–Kier alpha value is -5.35. The lowest BCUT2D eigenvalue weighted by Crippen LogP contribution is -2.59. The van der Waals surface area contributed by atoms with Crippen molar-refractivity contribution in [3.63, 3.8) is 0 Å². The molecule has 2 aliphatic rings. The molecule has 1 unspecified atom stereocenters. The number of rotatable bonds is 12. The van der Waals surface area contributed by atoms with E-state index in [1.54, 1.807) is 37.3 Å². The van der Waals surface area contributed by atoms with Crippen LogP contribution in [0.5, 0.6) is 0 Å². The number of benzene rings is 1. The number of nitrogens with one attached hydrogen (secondary N) is 7. The van der Waals surface area contributed by atoms with Crippen molar-refractivity contribution in [2.45, 2.75) is 108 Å². The number of primary amides is 1. The first kappa shape index (κ1) is 42.1. The Labute approximate surface area is 308 Å². The zero-order valence-electron chi connectivity index (χ0n) is 30.1. The average molecular weight is 741 g/mol. The number of hydrogen-bond acceptors (Lipinski definition) is 9. The summed E-state index contributed by atoms with van der Waals surface area (Å²) in [4.78, 5) is 116. The molecule has 1 aromatic rings. The fourth-order valence-corrected chi connectivity index (χ4v) is 6.32. The summed E-state index contributed by atoms with van der Waals surface area (Å²) in [6.07, 6.45) is 5.24. The van der Waals surface area contributed by atoms with Crippen molar-refractivity contribution in [2.24, 2.45) is 11.7 Å².